The molecule has 0 aromatic rings. The molecule has 1 fully saturated rings. The van der Waals surface area contributed by atoms with Gasteiger partial charge in [0, 0.05) is 0 Å². The van der Waals surface area contributed by atoms with Gasteiger partial charge >= 0.3 is 0 Å². The molecule has 0 aliphatic carbocycles. The SMILES string of the molecule is CC(=O)C[C@]1(O)OC[C@@H](O)[C@H](O)[C@H]1O. The highest BCUT2D eigenvalue weighted by molar-refractivity contribution is 5.76. The fourth-order valence-electron chi connectivity index (χ4n) is 1.40. The van der Waals surface area contributed by atoms with Gasteiger partial charge in [0.25, 0.3) is 0 Å². The number of carbonyl (C=O) groups is 1. The number of Topliss-reactive ketones (excluding diaryl/α,β-unsaturated/α-hetero) is 1. The molecular formula is C8H14O6. The minimum absolute atomic E-state index is 0.317. The highest BCUT2D eigenvalue weighted by Gasteiger charge is 2.48. The molecular weight excluding hydrogens is 192 g/mol. The lowest BCUT2D eigenvalue weighted by atomic mass is 9.93. The Bertz CT molecular complexity index is 230. The van der Waals surface area contributed by atoms with Crippen LogP contribution >= 0.6 is 0 Å². The van der Waals surface area contributed by atoms with E-state index < -0.39 is 30.5 Å². The van der Waals surface area contributed by atoms with Gasteiger partial charge in [-0.15, -0.1) is 0 Å². The quantitative estimate of drug-likeness (QED) is 0.407. The first kappa shape index (κ1) is 11.5. The van der Waals surface area contributed by atoms with Gasteiger partial charge in [0.1, 0.15) is 24.1 Å². The lowest BCUT2D eigenvalue weighted by Gasteiger charge is -2.41. The zero-order valence-corrected chi connectivity index (χ0v) is 7.75. The molecule has 4 atom stereocenters. The van der Waals surface area contributed by atoms with Crippen molar-refractivity contribution in [1.29, 1.82) is 0 Å². The topological polar surface area (TPSA) is 107 Å². The lowest BCUT2D eigenvalue weighted by Crippen LogP contribution is -2.61. The van der Waals surface area contributed by atoms with Crippen LogP contribution in [-0.4, -0.2) is 56.9 Å². The van der Waals surface area contributed by atoms with E-state index in [4.69, 9.17) is 9.84 Å². The largest absolute Gasteiger partial charge is 0.388 e. The van der Waals surface area contributed by atoms with E-state index in [0.29, 0.717) is 0 Å². The first-order valence-electron chi connectivity index (χ1n) is 4.27. The predicted octanol–water partition coefficient (Wildman–Crippen LogP) is -2.23. The Morgan fingerprint density at radius 1 is 1.50 bits per heavy atom. The summed E-state index contributed by atoms with van der Waals surface area (Å²) < 4.78 is 4.75. The van der Waals surface area contributed by atoms with Crippen molar-refractivity contribution in [2.75, 3.05) is 6.61 Å². The first-order chi connectivity index (χ1) is 6.37. The third kappa shape index (κ3) is 2.10. The van der Waals surface area contributed by atoms with Crippen LogP contribution in [0, 0.1) is 0 Å². The Hall–Kier alpha value is -0.530. The van der Waals surface area contributed by atoms with Gasteiger partial charge < -0.3 is 25.2 Å². The summed E-state index contributed by atoms with van der Waals surface area (Å²) in [5.41, 5.74) is 0. The third-order valence-corrected chi connectivity index (χ3v) is 2.19. The molecule has 0 bridgehead atoms. The van der Waals surface area contributed by atoms with Gasteiger partial charge in [-0.1, -0.05) is 0 Å². The highest BCUT2D eigenvalue weighted by atomic mass is 16.6. The second kappa shape index (κ2) is 3.92. The molecule has 1 heterocycles. The molecule has 14 heavy (non-hydrogen) atoms. The van der Waals surface area contributed by atoms with Crippen molar-refractivity contribution in [2.45, 2.75) is 37.4 Å². The molecule has 1 aliphatic rings. The van der Waals surface area contributed by atoms with Crippen LogP contribution in [0.25, 0.3) is 0 Å². The number of ketones is 1. The summed E-state index contributed by atoms with van der Waals surface area (Å²) in [6.45, 7) is 0.910. The van der Waals surface area contributed by atoms with Crippen LogP contribution in [0.3, 0.4) is 0 Å². The Kier molecular flexibility index (Phi) is 3.23. The van der Waals surface area contributed by atoms with E-state index in [0.717, 1.165) is 0 Å². The summed E-state index contributed by atoms with van der Waals surface area (Å²) in [7, 11) is 0. The van der Waals surface area contributed by atoms with Gasteiger partial charge in [0.2, 0.25) is 5.79 Å². The summed E-state index contributed by atoms with van der Waals surface area (Å²) in [4.78, 5) is 10.8. The van der Waals surface area contributed by atoms with Crippen LogP contribution in [0.4, 0.5) is 0 Å². The summed E-state index contributed by atoms with van der Waals surface area (Å²) in [6.07, 6.45) is -4.86. The summed E-state index contributed by atoms with van der Waals surface area (Å²) >= 11 is 0. The fraction of sp³-hybridized carbons (Fsp3) is 0.875. The van der Waals surface area contributed by atoms with E-state index in [1.807, 2.05) is 0 Å². The number of rotatable bonds is 2. The molecule has 0 amide bonds. The average molecular weight is 206 g/mol. The van der Waals surface area contributed by atoms with E-state index in [2.05, 4.69) is 0 Å². The third-order valence-electron chi connectivity index (χ3n) is 2.19. The second-order valence-electron chi connectivity index (χ2n) is 3.54. The fourth-order valence-corrected chi connectivity index (χ4v) is 1.40. The van der Waals surface area contributed by atoms with Crippen molar-refractivity contribution in [3.8, 4) is 0 Å². The molecule has 0 spiro atoms. The van der Waals surface area contributed by atoms with Crippen molar-refractivity contribution in [1.82, 2.24) is 0 Å². The first-order valence-corrected chi connectivity index (χ1v) is 4.27. The molecule has 4 N–H and O–H groups in total. The molecule has 0 unspecified atom stereocenters. The van der Waals surface area contributed by atoms with Gasteiger partial charge in [-0.3, -0.25) is 4.79 Å². The molecule has 82 valence electrons. The summed E-state index contributed by atoms with van der Waals surface area (Å²) in [5.74, 6) is -2.47. The van der Waals surface area contributed by atoms with Crippen molar-refractivity contribution in [3.63, 3.8) is 0 Å². The smallest absolute Gasteiger partial charge is 0.201 e. The van der Waals surface area contributed by atoms with Gasteiger partial charge in [0.15, 0.2) is 0 Å². The average Bonchev–Trinajstić information content (AvgIpc) is 2.08. The molecule has 6 heteroatoms. The molecule has 0 radical (unpaired) electrons. The Morgan fingerprint density at radius 2 is 2.07 bits per heavy atom. The van der Waals surface area contributed by atoms with E-state index in [-0.39, 0.29) is 12.4 Å². The lowest BCUT2D eigenvalue weighted by molar-refractivity contribution is -0.319. The maximum atomic E-state index is 10.8. The maximum absolute atomic E-state index is 10.8. The predicted molar refractivity (Wildman–Crippen MR) is 44.2 cm³/mol. The van der Waals surface area contributed by atoms with Crippen LogP contribution in [0.2, 0.25) is 0 Å². The van der Waals surface area contributed by atoms with E-state index in [9.17, 15) is 20.1 Å². The van der Waals surface area contributed by atoms with Crippen molar-refractivity contribution < 1.29 is 30.0 Å². The molecule has 6 nitrogen and oxygen atoms in total. The molecule has 1 saturated heterocycles. The van der Waals surface area contributed by atoms with Gasteiger partial charge in [-0.2, -0.15) is 0 Å². The van der Waals surface area contributed by atoms with Crippen molar-refractivity contribution in [3.05, 3.63) is 0 Å². The molecule has 0 saturated carbocycles. The van der Waals surface area contributed by atoms with Crippen molar-refractivity contribution in [2.24, 2.45) is 0 Å². The zero-order valence-electron chi connectivity index (χ0n) is 7.75. The summed E-state index contributed by atoms with van der Waals surface area (Å²) in [5, 5.41) is 37.3. The highest BCUT2D eigenvalue weighted by Crippen LogP contribution is 2.26. The van der Waals surface area contributed by atoms with Gasteiger partial charge in [-0.05, 0) is 6.92 Å². The normalized spacial score (nSPS) is 43.6. The van der Waals surface area contributed by atoms with Crippen LogP contribution in [0.15, 0.2) is 0 Å². The summed E-state index contributed by atoms with van der Waals surface area (Å²) in [6, 6.07) is 0. The van der Waals surface area contributed by atoms with Crippen molar-refractivity contribution >= 4 is 5.78 Å². The van der Waals surface area contributed by atoms with Crippen LogP contribution in [0.5, 0.6) is 0 Å². The Labute approximate surface area is 80.7 Å². The number of ether oxygens (including phenoxy) is 1. The van der Waals surface area contributed by atoms with Crippen LogP contribution < -0.4 is 0 Å². The minimum Gasteiger partial charge on any atom is -0.388 e. The second-order valence-corrected chi connectivity index (χ2v) is 3.54. The molecule has 0 aromatic carbocycles. The van der Waals surface area contributed by atoms with Crippen LogP contribution in [0.1, 0.15) is 13.3 Å². The Morgan fingerprint density at radius 3 is 2.57 bits per heavy atom. The van der Waals surface area contributed by atoms with Gasteiger partial charge in [0.05, 0.1) is 13.0 Å². The number of carbonyl (C=O) groups excluding carboxylic acids is 1. The van der Waals surface area contributed by atoms with Gasteiger partial charge in [-0.25, -0.2) is 0 Å². The monoisotopic (exact) mass is 206 g/mol. The van der Waals surface area contributed by atoms with E-state index in [1.165, 1.54) is 6.92 Å². The zero-order chi connectivity index (χ0) is 10.9. The van der Waals surface area contributed by atoms with E-state index >= 15 is 0 Å². The van der Waals surface area contributed by atoms with E-state index in [1.54, 1.807) is 0 Å². The Balaban J connectivity index is 2.74. The standard InChI is InChI=1S/C8H14O6/c1-4(9)2-8(13)7(12)6(11)5(10)3-14-8/h5-7,10-13H,2-3H2,1H3/t5-,6+,7-,8+/m1/s1. The maximum Gasteiger partial charge on any atom is 0.201 e. The minimum atomic E-state index is -2.09. The molecule has 1 rings (SSSR count). The molecule has 0 aromatic heterocycles. The number of hydrogen-bond acceptors (Lipinski definition) is 6. The van der Waals surface area contributed by atoms with Crippen LogP contribution in [-0.2, 0) is 9.53 Å². The number of aliphatic hydroxyl groups excluding tert-OH is 3. The number of hydrogen-bond donors (Lipinski definition) is 4. The molecule has 1 aliphatic heterocycles. The number of aliphatic hydroxyl groups is 4.